The van der Waals surface area contributed by atoms with Gasteiger partial charge in [-0.2, -0.15) is 0 Å². The first-order valence-corrected chi connectivity index (χ1v) is 9.92. The van der Waals surface area contributed by atoms with Crippen molar-refractivity contribution in [3.63, 3.8) is 0 Å². The third-order valence-corrected chi connectivity index (χ3v) is 5.60. The highest BCUT2D eigenvalue weighted by molar-refractivity contribution is 6.21. The first-order chi connectivity index (χ1) is 12.9. The number of ether oxygens (including phenoxy) is 1. The number of hydrogen-bond acceptors (Lipinski definition) is 4. The Morgan fingerprint density at radius 1 is 1.37 bits per heavy atom. The second-order valence-electron chi connectivity index (χ2n) is 7.20. The van der Waals surface area contributed by atoms with E-state index < -0.39 is 18.2 Å². The second kappa shape index (κ2) is 10.7. The van der Waals surface area contributed by atoms with E-state index in [1.165, 1.54) is 0 Å². The lowest BCUT2D eigenvalue weighted by atomic mass is 9.92. The molecule has 0 amide bonds. The minimum absolute atomic E-state index is 0.0635. The fourth-order valence-electron chi connectivity index (χ4n) is 3.49. The number of aliphatic hydroxyl groups is 2. The third kappa shape index (κ3) is 6.83. The van der Waals surface area contributed by atoms with Gasteiger partial charge in [-0.3, -0.25) is 4.79 Å². The quantitative estimate of drug-likeness (QED) is 0.317. The average Bonchev–Trinajstić information content (AvgIpc) is 2.89. The predicted molar refractivity (Wildman–Crippen MR) is 105 cm³/mol. The van der Waals surface area contributed by atoms with E-state index in [2.05, 4.69) is 0 Å². The lowest BCUT2D eigenvalue weighted by Crippen LogP contribution is -2.27. The van der Waals surface area contributed by atoms with E-state index in [0.717, 1.165) is 18.4 Å². The van der Waals surface area contributed by atoms with Crippen LogP contribution >= 0.6 is 11.6 Å². The van der Waals surface area contributed by atoms with Crippen LogP contribution in [0.25, 0.3) is 0 Å². The first kappa shape index (κ1) is 21.7. The molecule has 1 aromatic carbocycles. The number of aliphatic hydroxyl groups excluding tert-OH is 2. The Balaban J connectivity index is 1.88. The molecule has 0 aliphatic heterocycles. The van der Waals surface area contributed by atoms with Gasteiger partial charge in [0.25, 0.3) is 0 Å². The molecular weight excluding hydrogens is 368 g/mol. The molecule has 0 aromatic heterocycles. The Hall–Kier alpha value is -1.56. The maximum Gasteiger partial charge on any atom is 0.303 e. The van der Waals surface area contributed by atoms with Crippen LogP contribution in [0.4, 0.5) is 0 Å². The number of hydrogen-bond donors (Lipinski definition) is 3. The monoisotopic (exact) mass is 396 g/mol. The minimum atomic E-state index is -0.778. The molecule has 0 radical (unpaired) electrons. The molecule has 0 saturated heterocycles. The maximum absolute atomic E-state index is 10.5. The zero-order valence-corrected chi connectivity index (χ0v) is 16.4. The molecule has 0 spiro atoms. The number of halogens is 1. The summed E-state index contributed by atoms with van der Waals surface area (Å²) in [7, 11) is 0. The van der Waals surface area contributed by atoms with Crippen LogP contribution in [0.15, 0.2) is 36.4 Å². The topological polar surface area (TPSA) is 87.0 Å². The van der Waals surface area contributed by atoms with Crippen LogP contribution in [-0.4, -0.2) is 39.4 Å². The van der Waals surface area contributed by atoms with Gasteiger partial charge in [0.05, 0.1) is 18.8 Å². The number of unbranched alkanes of at least 4 members (excludes halogenated alkanes) is 1. The lowest BCUT2D eigenvalue weighted by molar-refractivity contribution is -0.137. The molecule has 150 valence electrons. The van der Waals surface area contributed by atoms with Crippen molar-refractivity contribution in [2.24, 2.45) is 11.8 Å². The summed E-state index contributed by atoms with van der Waals surface area (Å²) >= 11 is 6.44. The molecular formula is C21H29ClO5. The van der Waals surface area contributed by atoms with Crippen LogP contribution < -0.4 is 4.74 Å². The van der Waals surface area contributed by atoms with Gasteiger partial charge in [0.15, 0.2) is 0 Å². The van der Waals surface area contributed by atoms with Crippen molar-refractivity contribution in [2.75, 3.05) is 6.61 Å². The molecule has 1 aliphatic carbocycles. The molecule has 5 atom stereocenters. The summed E-state index contributed by atoms with van der Waals surface area (Å²) in [6.07, 6.45) is 5.75. The summed E-state index contributed by atoms with van der Waals surface area (Å²) in [5.74, 6) is -0.0645. The normalized spacial score (nSPS) is 26.4. The number of carbonyl (C=O) groups is 1. The zero-order valence-electron chi connectivity index (χ0n) is 15.6. The molecule has 3 N–H and O–H groups in total. The van der Waals surface area contributed by atoms with E-state index in [1.807, 2.05) is 36.4 Å². The van der Waals surface area contributed by atoms with Gasteiger partial charge in [0, 0.05) is 17.7 Å². The SMILES string of the molecule is CC(O)c1cccc(OC[C@@H]2[C@@H](CC=CCCCC(=O)O)[C@H](Cl)C[C@H]2O)c1. The molecule has 1 aliphatic rings. The van der Waals surface area contributed by atoms with Crippen LogP contribution in [-0.2, 0) is 4.79 Å². The summed E-state index contributed by atoms with van der Waals surface area (Å²) in [6.45, 7) is 2.07. The standard InChI is InChI=1S/C21H29ClO5/c1-14(23)15-7-6-8-16(11-15)27-13-18-17(19(22)12-20(18)24)9-4-2-3-5-10-21(25)26/h2,4,6-8,11,14,17-20,23-24H,3,5,9-10,12-13H2,1H3,(H,25,26)/t14?,17-,18-,19-,20-/m1/s1. The molecule has 0 heterocycles. The number of aliphatic carboxylic acids is 1. The fourth-order valence-corrected chi connectivity index (χ4v) is 3.96. The highest BCUT2D eigenvalue weighted by Gasteiger charge is 2.41. The van der Waals surface area contributed by atoms with Crippen molar-refractivity contribution < 1.29 is 24.9 Å². The van der Waals surface area contributed by atoms with Gasteiger partial charge in [0.2, 0.25) is 0 Å². The van der Waals surface area contributed by atoms with Gasteiger partial charge in [-0.1, -0.05) is 24.3 Å². The van der Waals surface area contributed by atoms with Crippen LogP contribution in [0, 0.1) is 11.8 Å². The highest BCUT2D eigenvalue weighted by atomic mass is 35.5. The smallest absolute Gasteiger partial charge is 0.303 e. The predicted octanol–water partition coefficient (Wildman–Crippen LogP) is 3.92. The summed E-state index contributed by atoms with van der Waals surface area (Å²) in [5.41, 5.74) is 0.788. The summed E-state index contributed by atoms with van der Waals surface area (Å²) in [5, 5.41) is 28.6. The van der Waals surface area contributed by atoms with Gasteiger partial charge < -0.3 is 20.1 Å². The van der Waals surface area contributed by atoms with E-state index >= 15 is 0 Å². The van der Waals surface area contributed by atoms with E-state index in [0.29, 0.717) is 25.2 Å². The largest absolute Gasteiger partial charge is 0.493 e. The number of benzene rings is 1. The zero-order chi connectivity index (χ0) is 19.8. The number of alkyl halides is 1. The van der Waals surface area contributed by atoms with Crippen molar-refractivity contribution in [1.29, 1.82) is 0 Å². The van der Waals surface area contributed by atoms with Gasteiger partial charge in [0.1, 0.15) is 5.75 Å². The molecule has 27 heavy (non-hydrogen) atoms. The van der Waals surface area contributed by atoms with Gasteiger partial charge in [-0.15, -0.1) is 11.6 Å². The molecule has 0 bridgehead atoms. The van der Waals surface area contributed by atoms with Crippen molar-refractivity contribution in [3.8, 4) is 5.75 Å². The summed E-state index contributed by atoms with van der Waals surface area (Å²) < 4.78 is 5.88. The van der Waals surface area contributed by atoms with E-state index in [1.54, 1.807) is 6.92 Å². The Bertz CT molecular complexity index is 631. The summed E-state index contributed by atoms with van der Waals surface area (Å²) in [6, 6.07) is 7.32. The van der Waals surface area contributed by atoms with Gasteiger partial charge >= 0.3 is 5.97 Å². The van der Waals surface area contributed by atoms with E-state index in [-0.39, 0.29) is 23.6 Å². The lowest BCUT2D eigenvalue weighted by Gasteiger charge is -2.23. The van der Waals surface area contributed by atoms with Crippen LogP contribution in [0.2, 0.25) is 0 Å². The second-order valence-corrected chi connectivity index (χ2v) is 7.76. The average molecular weight is 397 g/mol. The Kier molecular flexibility index (Phi) is 8.61. The number of carboxylic acid groups (broad SMARTS) is 1. The maximum atomic E-state index is 10.5. The fraction of sp³-hybridized carbons (Fsp3) is 0.571. The number of allylic oxidation sites excluding steroid dienone is 2. The van der Waals surface area contributed by atoms with E-state index in [9.17, 15) is 15.0 Å². The van der Waals surface area contributed by atoms with Crippen molar-refractivity contribution in [1.82, 2.24) is 0 Å². The van der Waals surface area contributed by atoms with Crippen molar-refractivity contribution in [2.45, 2.75) is 56.6 Å². The molecule has 1 saturated carbocycles. The molecule has 2 rings (SSSR count). The number of rotatable bonds is 10. The Labute approximate surface area is 165 Å². The first-order valence-electron chi connectivity index (χ1n) is 9.48. The summed E-state index contributed by atoms with van der Waals surface area (Å²) in [4.78, 5) is 10.5. The van der Waals surface area contributed by atoms with Gasteiger partial charge in [-0.05, 0) is 56.2 Å². The van der Waals surface area contributed by atoms with Crippen molar-refractivity contribution >= 4 is 17.6 Å². The molecule has 1 unspecified atom stereocenters. The third-order valence-electron chi connectivity index (χ3n) is 5.09. The van der Waals surface area contributed by atoms with Crippen LogP contribution in [0.1, 0.15) is 50.7 Å². The molecule has 6 heteroatoms. The van der Waals surface area contributed by atoms with Gasteiger partial charge in [-0.25, -0.2) is 0 Å². The van der Waals surface area contributed by atoms with E-state index in [4.69, 9.17) is 21.4 Å². The molecule has 1 aromatic rings. The molecule has 1 fully saturated rings. The Morgan fingerprint density at radius 2 is 2.15 bits per heavy atom. The molecule has 5 nitrogen and oxygen atoms in total. The number of carboxylic acids is 1. The Morgan fingerprint density at radius 3 is 2.85 bits per heavy atom. The van der Waals surface area contributed by atoms with Crippen molar-refractivity contribution in [3.05, 3.63) is 42.0 Å². The highest BCUT2D eigenvalue weighted by Crippen LogP contribution is 2.39. The van der Waals surface area contributed by atoms with Crippen LogP contribution in [0.5, 0.6) is 5.75 Å². The minimum Gasteiger partial charge on any atom is -0.493 e. The van der Waals surface area contributed by atoms with Crippen LogP contribution in [0.3, 0.4) is 0 Å².